The molecule has 0 saturated carbocycles. The van der Waals surface area contributed by atoms with Gasteiger partial charge in [0.05, 0.1) is 0 Å². The Morgan fingerprint density at radius 2 is 2.06 bits per heavy atom. The van der Waals surface area contributed by atoms with Gasteiger partial charge in [-0.3, -0.25) is 13.6 Å². The van der Waals surface area contributed by atoms with Crippen molar-refractivity contribution in [2.45, 2.75) is 13.0 Å². The molecule has 0 aliphatic carbocycles. The molecule has 0 saturated heterocycles. The van der Waals surface area contributed by atoms with Crippen LogP contribution < -0.4 is 11.3 Å². The highest BCUT2D eigenvalue weighted by Gasteiger charge is 2.06. The molecule has 0 fully saturated rings. The van der Waals surface area contributed by atoms with E-state index in [0.717, 1.165) is 5.39 Å². The van der Waals surface area contributed by atoms with E-state index < -0.39 is 10.8 Å². The Balaban J connectivity index is 2.38. The summed E-state index contributed by atoms with van der Waals surface area (Å²) in [7, 11) is -0.836. The van der Waals surface area contributed by atoms with Crippen LogP contribution in [-0.2, 0) is 17.3 Å². The zero-order chi connectivity index (χ0) is 13.1. The van der Waals surface area contributed by atoms with E-state index in [1.807, 2.05) is 18.2 Å². The highest BCUT2D eigenvalue weighted by Crippen LogP contribution is 2.13. The second kappa shape index (κ2) is 5.35. The Morgan fingerprint density at radius 3 is 2.78 bits per heavy atom. The first-order valence-electron chi connectivity index (χ1n) is 5.77. The topological polar surface area (TPSA) is 65.1 Å². The zero-order valence-electron chi connectivity index (χ0n) is 10.3. The lowest BCUT2D eigenvalue weighted by molar-refractivity contribution is 0.655. The zero-order valence-corrected chi connectivity index (χ0v) is 11.1. The molecule has 1 unspecified atom stereocenters. The van der Waals surface area contributed by atoms with Crippen LogP contribution >= 0.6 is 0 Å². The summed E-state index contributed by atoms with van der Waals surface area (Å²) in [4.78, 5) is 12.2. The second-order valence-electron chi connectivity index (χ2n) is 4.24. The van der Waals surface area contributed by atoms with Crippen molar-refractivity contribution in [3.63, 3.8) is 0 Å². The smallest absolute Gasteiger partial charge is 0.259 e. The monoisotopic (exact) mass is 264 g/mol. The summed E-state index contributed by atoms with van der Waals surface area (Å²) in [5.74, 6) is 1.04. The van der Waals surface area contributed by atoms with E-state index in [2.05, 4.69) is 0 Å². The fourth-order valence-corrected chi connectivity index (χ4v) is 2.51. The third-order valence-corrected chi connectivity index (χ3v) is 3.73. The number of hydrogen-bond donors (Lipinski definition) is 1. The number of benzene rings is 1. The van der Waals surface area contributed by atoms with Gasteiger partial charge in [-0.15, -0.1) is 0 Å². The third kappa shape index (κ3) is 2.61. The molecule has 1 heterocycles. The molecule has 0 bridgehead atoms. The quantitative estimate of drug-likeness (QED) is 0.906. The van der Waals surface area contributed by atoms with Crippen LogP contribution in [0.4, 0.5) is 5.82 Å². The summed E-state index contributed by atoms with van der Waals surface area (Å²) in [5.41, 5.74) is 5.82. The lowest BCUT2D eigenvalue weighted by Crippen LogP contribution is -2.23. The third-order valence-electron chi connectivity index (χ3n) is 2.86. The SMILES string of the molecule is CS(=O)CCCn1c(N)cc2ccccc2c1=O. The van der Waals surface area contributed by atoms with Crippen LogP contribution in [0.1, 0.15) is 6.42 Å². The number of anilines is 1. The molecule has 18 heavy (non-hydrogen) atoms. The van der Waals surface area contributed by atoms with Gasteiger partial charge in [0.2, 0.25) is 0 Å². The molecule has 96 valence electrons. The molecule has 0 spiro atoms. The molecule has 0 aliphatic heterocycles. The Morgan fingerprint density at radius 1 is 1.33 bits per heavy atom. The maximum atomic E-state index is 12.2. The molecule has 0 aliphatic rings. The molecule has 0 radical (unpaired) electrons. The maximum absolute atomic E-state index is 12.2. The Kier molecular flexibility index (Phi) is 3.81. The van der Waals surface area contributed by atoms with Gasteiger partial charge in [0.1, 0.15) is 5.82 Å². The van der Waals surface area contributed by atoms with Crippen molar-refractivity contribution < 1.29 is 4.21 Å². The van der Waals surface area contributed by atoms with Crippen LogP contribution in [0, 0.1) is 0 Å². The predicted octanol–water partition coefficient (Wildman–Crippen LogP) is 1.35. The molecule has 5 heteroatoms. The van der Waals surface area contributed by atoms with Crippen LogP contribution in [0.5, 0.6) is 0 Å². The lowest BCUT2D eigenvalue weighted by atomic mass is 10.1. The summed E-state index contributed by atoms with van der Waals surface area (Å²) in [6.45, 7) is 0.509. The first-order valence-corrected chi connectivity index (χ1v) is 7.50. The first kappa shape index (κ1) is 12.8. The van der Waals surface area contributed by atoms with E-state index >= 15 is 0 Å². The van der Waals surface area contributed by atoms with E-state index in [4.69, 9.17) is 5.73 Å². The molecular formula is C13H16N2O2S. The lowest BCUT2D eigenvalue weighted by Gasteiger charge is -2.10. The minimum absolute atomic E-state index is 0.0764. The molecule has 2 aromatic rings. The number of aromatic nitrogens is 1. The van der Waals surface area contributed by atoms with Gasteiger partial charge < -0.3 is 5.73 Å². The Bertz CT molecular complexity index is 649. The van der Waals surface area contributed by atoms with E-state index in [1.165, 1.54) is 0 Å². The van der Waals surface area contributed by atoms with Crippen LogP contribution in [0.3, 0.4) is 0 Å². The number of nitrogens with two attached hydrogens (primary N) is 1. The van der Waals surface area contributed by atoms with Crippen LogP contribution in [0.25, 0.3) is 10.8 Å². The van der Waals surface area contributed by atoms with Crippen molar-refractivity contribution in [3.05, 3.63) is 40.7 Å². The largest absolute Gasteiger partial charge is 0.385 e. The van der Waals surface area contributed by atoms with Gasteiger partial charge >= 0.3 is 0 Å². The van der Waals surface area contributed by atoms with Crippen molar-refractivity contribution >= 4 is 27.4 Å². The van der Waals surface area contributed by atoms with Gasteiger partial charge in [-0.05, 0) is 23.9 Å². The normalized spacial score (nSPS) is 12.7. The minimum Gasteiger partial charge on any atom is -0.385 e. The standard InChI is InChI=1S/C13H16N2O2S/c1-18(17)8-4-7-15-12(14)9-10-5-2-3-6-11(10)13(15)16/h2-3,5-6,9H,4,7-8,14H2,1H3. The Labute approximate surface area is 108 Å². The summed E-state index contributed by atoms with van der Waals surface area (Å²) < 4.78 is 12.6. The molecule has 1 atom stereocenters. The number of rotatable bonds is 4. The van der Waals surface area contributed by atoms with Gasteiger partial charge in [0.25, 0.3) is 5.56 Å². The maximum Gasteiger partial charge on any atom is 0.259 e. The van der Waals surface area contributed by atoms with Crippen molar-refractivity contribution in [2.24, 2.45) is 0 Å². The van der Waals surface area contributed by atoms with Crippen LogP contribution in [0.2, 0.25) is 0 Å². The van der Waals surface area contributed by atoms with E-state index in [9.17, 15) is 9.00 Å². The average Bonchev–Trinajstić information content (AvgIpc) is 2.33. The Hall–Kier alpha value is -1.62. The van der Waals surface area contributed by atoms with Crippen LogP contribution in [0.15, 0.2) is 35.1 Å². The van der Waals surface area contributed by atoms with E-state index in [-0.39, 0.29) is 5.56 Å². The molecule has 2 rings (SSSR count). The second-order valence-corrected chi connectivity index (χ2v) is 5.80. The van der Waals surface area contributed by atoms with Crippen molar-refractivity contribution in [1.82, 2.24) is 4.57 Å². The van der Waals surface area contributed by atoms with E-state index in [1.54, 1.807) is 23.0 Å². The molecule has 4 nitrogen and oxygen atoms in total. The number of fused-ring (bicyclic) bond motifs is 1. The summed E-state index contributed by atoms with van der Waals surface area (Å²) >= 11 is 0. The van der Waals surface area contributed by atoms with Gasteiger partial charge in [-0.2, -0.15) is 0 Å². The first-order chi connectivity index (χ1) is 8.59. The predicted molar refractivity (Wildman–Crippen MR) is 76.2 cm³/mol. The number of nitrogens with zero attached hydrogens (tertiary/aromatic N) is 1. The summed E-state index contributed by atoms with van der Waals surface area (Å²) in [6, 6.07) is 9.20. The highest BCUT2D eigenvalue weighted by molar-refractivity contribution is 7.84. The van der Waals surface area contributed by atoms with Gasteiger partial charge in [-0.25, -0.2) is 0 Å². The summed E-state index contributed by atoms with van der Waals surface area (Å²) in [5, 5.41) is 1.53. The van der Waals surface area contributed by atoms with Gasteiger partial charge in [0.15, 0.2) is 0 Å². The molecule has 0 amide bonds. The highest BCUT2D eigenvalue weighted by atomic mass is 32.2. The van der Waals surface area contributed by atoms with Crippen molar-refractivity contribution in [3.8, 4) is 0 Å². The molecule has 1 aromatic heterocycles. The average molecular weight is 264 g/mol. The van der Waals surface area contributed by atoms with Crippen molar-refractivity contribution in [2.75, 3.05) is 17.7 Å². The fourth-order valence-electron chi connectivity index (χ4n) is 1.97. The van der Waals surface area contributed by atoms with Crippen molar-refractivity contribution in [1.29, 1.82) is 0 Å². The number of hydrogen-bond acceptors (Lipinski definition) is 3. The van der Waals surface area contributed by atoms with Gasteiger partial charge in [0, 0.05) is 34.7 Å². The summed E-state index contributed by atoms with van der Waals surface area (Å²) in [6.07, 6.45) is 2.35. The fraction of sp³-hybridized carbons (Fsp3) is 0.308. The minimum atomic E-state index is -0.836. The molecule has 2 N–H and O–H groups in total. The van der Waals surface area contributed by atoms with Crippen LogP contribution in [-0.4, -0.2) is 20.8 Å². The van der Waals surface area contributed by atoms with Gasteiger partial charge in [-0.1, -0.05) is 18.2 Å². The van der Waals surface area contributed by atoms with E-state index in [0.29, 0.717) is 29.9 Å². The number of pyridine rings is 1. The molecular weight excluding hydrogens is 248 g/mol. The number of nitrogen functional groups attached to an aromatic ring is 1. The molecule has 1 aromatic carbocycles.